The smallest absolute Gasteiger partial charge is 0.191 e. The van der Waals surface area contributed by atoms with Crippen LogP contribution in [-0.4, -0.2) is 31.2 Å². The fourth-order valence-corrected chi connectivity index (χ4v) is 3.79. The molecule has 0 amide bonds. The zero-order valence-corrected chi connectivity index (χ0v) is 13.5. The number of para-hydroxylation sites is 1. The molecule has 1 aromatic heterocycles. The Hall–Kier alpha value is -1.53. The van der Waals surface area contributed by atoms with E-state index in [2.05, 4.69) is 10.2 Å². The Balaban J connectivity index is 1.61. The third-order valence-electron chi connectivity index (χ3n) is 3.96. The molecule has 0 saturated heterocycles. The van der Waals surface area contributed by atoms with Crippen LogP contribution in [0, 0.1) is 0 Å². The molecule has 2 aromatic rings. The first-order valence-electron chi connectivity index (χ1n) is 7.65. The predicted octanol–water partition coefficient (Wildman–Crippen LogP) is 2.79. The van der Waals surface area contributed by atoms with E-state index in [0.29, 0.717) is 6.61 Å². The largest absolute Gasteiger partial charge is 0.486 e. The van der Waals surface area contributed by atoms with Crippen molar-refractivity contribution in [1.82, 2.24) is 14.8 Å². The second-order valence-corrected chi connectivity index (χ2v) is 6.77. The maximum absolute atomic E-state index is 10.1. The Morgan fingerprint density at radius 3 is 2.77 bits per heavy atom. The molecule has 2 unspecified atom stereocenters. The van der Waals surface area contributed by atoms with Gasteiger partial charge in [0, 0.05) is 12.3 Å². The fraction of sp³-hybridized carbons (Fsp3) is 0.500. The summed E-state index contributed by atoms with van der Waals surface area (Å²) in [6, 6.07) is 9.68. The Labute approximate surface area is 134 Å². The van der Waals surface area contributed by atoms with Crippen LogP contribution in [0.25, 0.3) is 0 Å². The number of aliphatic hydroxyl groups excluding tert-OH is 1. The summed E-state index contributed by atoms with van der Waals surface area (Å²) in [5.41, 5.74) is 0. The first-order chi connectivity index (χ1) is 10.7. The topological polar surface area (TPSA) is 60.2 Å². The second kappa shape index (κ2) is 7.15. The monoisotopic (exact) mass is 319 g/mol. The van der Waals surface area contributed by atoms with Crippen molar-refractivity contribution >= 4 is 11.8 Å². The molecule has 1 N–H and O–H groups in total. The van der Waals surface area contributed by atoms with Crippen LogP contribution in [-0.2, 0) is 13.7 Å². The molecule has 1 saturated carbocycles. The van der Waals surface area contributed by atoms with Crippen LogP contribution in [0.1, 0.15) is 31.5 Å². The molecule has 22 heavy (non-hydrogen) atoms. The van der Waals surface area contributed by atoms with E-state index < -0.39 is 0 Å². The number of rotatable bonds is 5. The average molecular weight is 319 g/mol. The molecular formula is C16H21N3O2S. The highest BCUT2D eigenvalue weighted by Gasteiger charge is 2.26. The Morgan fingerprint density at radius 2 is 2.00 bits per heavy atom. The van der Waals surface area contributed by atoms with Crippen molar-refractivity contribution in [2.24, 2.45) is 7.05 Å². The van der Waals surface area contributed by atoms with E-state index in [0.717, 1.165) is 36.0 Å². The first-order valence-corrected chi connectivity index (χ1v) is 8.53. The van der Waals surface area contributed by atoms with Crippen LogP contribution >= 0.6 is 11.8 Å². The third-order valence-corrected chi connectivity index (χ3v) is 5.38. The summed E-state index contributed by atoms with van der Waals surface area (Å²) >= 11 is 1.63. The number of aromatic nitrogens is 3. The first kappa shape index (κ1) is 15.4. The van der Waals surface area contributed by atoms with E-state index >= 15 is 0 Å². The van der Waals surface area contributed by atoms with Gasteiger partial charge in [0.05, 0.1) is 6.10 Å². The van der Waals surface area contributed by atoms with Crippen molar-refractivity contribution < 1.29 is 9.84 Å². The van der Waals surface area contributed by atoms with Gasteiger partial charge in [-0.1, -0.05) is 42.8 Å². The van der Waals surface area contributed by atoms with Gasteiger partial charge in [0.25, 0.3) is 0 Å². The highest BCUT2D eigenvalue weighted by molar-refractivity contribution is 7.99. The molecule has 1 heterocycles. The van der Waals surface area contributed by atoms with Gasteiger partial charge in [-0.05, 0) is 25.0 Å². The highest BCUT2D eigenvalue weighted by Crippen LogP contribution is 2.33. The molecule has 3 rings (SSSR count). The SMILES string of the molecule is Cn1c(COc2ccccc2)nnc1SC1CCCCC1O. The third kappa shape index (κ3) is 3.62. The summed E-state index contributed by atoms with van der Waals surface area (Å²) < 4.78 is 7.67. The highest BCUT2D eigenvalue weighted by atomic mass is 32.2. The Morgan fingerprint density at radius 1 is 1.23 bits per heavy atom. The Kier molecular flexibility index (Phi) is 5.00. The van der Waals surface area contributed by atoms with Crippen molar-refractivity contribution in [3.63, 3.8) is 0 Å². The molecule has 0 bridgehead atoms. The van der Waals surface area contributed by atoms with Crippen molar-refractivity contribution in [3.05, 3.63) is 36.2 Å². The Bertz CT molecular complexity index is 603. The van der Waals surface area contributed by atoms with Gasteiger partial charge in [0.15, 0.2) is 11.0 Å². The lowest BCUT2D eigenvalue weighted by Crippen LogP contribution is -2.27. The molecule has 0 spiro atoms. The van der Waals surface area contributed by atoms with Crippen molar-refractivity contribution in [1.29, 1.82) is 0 Å². The van der Waals surface area contributed by atoms with E-state index in [1.807, 2.05) is 41.9 Å². The lowest BCUT2D eigenvalue weighted by Gasteiger charge is -2.26. The van der Waals surface area contributed by atoms with E-state index in [9.17, 15) is 5.11 Å². The van der Waals surface area contributed by atoms with Crippen LogP contribution in [0.15, 0.2) is 35.5 Å². The maximum Gasteiger partial charge on any atom is 0.191 e. The van der Waals surface area contributed by atoms with Crippen LogP contribution in [0.2, 0.25) is 0 Å². The number of nitrogens with zero attached hydrogens (tertiary/aromatic N) is 3. The van der Waals surface area contributed by atoms with Gasteiger partial charge in [0.1, 0.15) is 12.4 Å². The summed E-state index contributed by atoms with van der Waals surface area (Å²) in [5.74, 6) is 1.61. The standard InChI is InChI=1S/C16H21N3O2S/c1-19-15(11-21-12-7-3-2-4-8-12)17-18-16(19)22-14-10-6-5-9-13(14)20/h2-4,7-8,13-14,20H,5-6,9-11H2,1H3. The lowest BCUT2D eigenvalue weighted by atomic mass is 9.97. The molecule has 0 radical (unpaired) electrons. The fourth-order valence-electron chi connectivity index (χ4n) is 2.59. The molecule has 2 atom stereocenters. The van der Waals surface area contributed by atoms with Gasteiger partial charge in [-0.25, -0.2) is 0 Å². The number of ether oxygens (including phenoxy) is 1. The van der Waals surface area contributed by atoms with Crippen LogP contribution in [0.4, 0.5) is 0 Å². The zero-order chi connectivity index (χ0) is 15.4. The van der Waals surface area contributed by atoms with E-state index in [1.165, 1.54) is 6.42 Å². The summed E-state index contributed by atoms with van der Waals surface area (Å²) in [4.78, 5) is 0. The number of thioether (sulfide) groups is 1. The summed E-state index contributed by atoms with van der Waals surface area (Å²) in [6.45, 7) is 0.390. The number of aliphatic hydroxyl groups is 1. The normalized spacial score (nSPS) is 21.7. The number of benzene rings is 1. The summed E-state index contributed by atoms with van der Waals surface area (Å²) in [6.07, 6.45) is 3.98. The quantitative estimate of drug-likeness (QED) is 0.918. The summed E-state index contributed by atoms with van der Waals surface area (Å²) in [7, 11) is 1.95. The summed E-state index contributed by atoms with van der Waals surface area (Å²) in [5, 5.41) is 19.6. The lowest BCUT2D eigenvalue weighted by molar-refractivity contribution is 0.137. The van der Waals surface area contributed by atoms with E-state index in [1.54, 1.807) is 11.8 Å². The van der Waals surface area contributed by atoms with Crippen molar-refractivity contribution in [2.45, 2.75) is 48.8 Å². The molecule has 5 nitrogen and oxygen atoms in total. The van der Waals surface area contributed by atoms with Crippen LogP contribution in [0.3, 0.4) is 0 Å². The molecule has 1 aliphatic rings. The molecule has 118 valence electrons. The minimum Gasteiger partial charge on any atom is -0.486 e. The second-order valence-electron chi connectivity index (χ2n) is 5.57. The number of hydrogen-bond acceptors (Lipinski definition) is 5. The van der Waals surface area contributed by atoms with Crippen LogP contribution in [0.5, 0.6) is 5.75 Å². The van der Waals surface area contributed by atoms with Crippen molar-refractivity contribution in [3.8, 4) is 5.75 Å². The molecule has 6 heteroatoms. The molecule has 1 fully saturated rings. The van der Waals surface area contributed by atoms with E-state index in [-0.39, 0.29) is 11.4 Å². The van der Waals surface area contributed by atoms with Gasteiger partial charge >= 0.3 is 0 Å². The average Bonchev–Trinajstić information content (AvgIpc) is 2.89. The van der Waals surface area contributed by atoms with Gasteiger partial charge < -0.3 is 14.4 Å². The van der Waals surface area contributed by atoms with E-state index in [4.69, 9.17) is 4.74 Å². The van der Waals surface area contributed by atoms with Gasteiger partial charge in [-0.15, -0.1) is 10.2 Å². The van der Waals surface area contributed by atoms with Crippen molar-refractivity contribution in [2.75, 3.05) is 0 Å². The molecular weight excluding hydrogens is 298 g/mol. The molecule has 1 aliphatic carbocycles. The molecule has 1 aromatic carbocycles. The predicted molar refractivity (Wildman–Crippen MR) is 85.9 cm³/mol. The zero-order valence-electron chi connectivity index (χ0n) is 12.7. The minimum absolute atomic E-state index is 0.222. The maximum atomic E-state index is 10.1. The number of hydrogen-bond donors (Lipinski definition) is 1. The minimum atomic E-state index is -0.237. The molecule has 0 aliphatic heterocycles. The van der Waals surface area contributed by atoms with Gasteiger partial charge in [-0.2, -0.15) is 0 Å². The van der Waals surface area contributed by atoms with Gasteiger partial charge in [0.2, 0.25) is 0 Å². The van der Waals surface area contributed by atoms with Gasteiger partial charge in [-0.3, -0.25) is 0 Å². The van der Waals surface area contributed by atoms with Crippen LogP contribution < -0.4 is 4.74 Å².